The lowest BCUT2D eigenvalue weighted by molar-refractivity contribution is -0.255. The van der Waals surface area contributed by atoms with Gasteiger partial charge in [-0.25, -0.2) is 8.42 Å². The van der Waals surface area contributed by atoms with Crippen molar-refractivity contribution >= 4 is 21.7 Å². The van der Waals surface area contributed by atoms with Gasteiger partial charge in [0, 0.05) is 5.69 Å². The molecule has 22 heavy (non-hydrogen) atoms. The summed E-state index contributed by atoms with van der Waals surface area (Å²) in [7, 11) is -2.46. The summed E-state index contributed by atoms with van der Waals surface area (Å²) in [6, 6.07) is 10.0. The Morgan fingerprint density at radius 1 is 1.14 bits per heavy atom. The molecule has 0 unspecified atom stereocenters. The largest absolute Gasteiger partial charge is 0.545 e. The summed E-state index contributed by atoms with van der Waals surface area (Å²) in [6.07, 6.45) is 0. The van der Waals surface area contributed by atoms with Gasteiger partial charge < -0.3 is 14.6 Å². The molecular weight excluding hydrogens is 306 g/mol. The Kier molecular flexibility index (Phi) is 4.37. The van der Waals surface area contributed by atoms with E-state index in [1.54, 1.807) is 19.1 Å². The van der Waals surface area contributed by atoms with E-state index in [-0.39, 0.29) is 21.9 Å². The molecule has 0 amide bonds. The van der Waals surface area contributed by atoms with Crippen LogP contribution in [-0.2, 0) is 10.0 Å². The van der Waals surface area contributed by atoms with Crippen LogP contribution < -0.4 is 14.6 Å². The standard InChI is InChI=1S/C15H15NO5S/c1-10-3-8-13(21-2)14(9-10)22(19,20)16-12-6-4-11(5-7-12)15(17)18/h3-9,16H,1-2H3,(H,17,18)/p-1. The van der Waals surface area contributed by atoms with Crippen LogP contribution in [0.1, 0.15) is 15.9 Å². The van der Waals surface area contributed by atoms with Crippen LogP contribution in [0.15, 0.2) is 47.4 Å². The van der Waals surface area contributed by atoms with Crippen LogP contribution in [0.3, 0.4) is 0 Å². The number of anilines is 1. The summed E-state index contributed by atoms with van der Waals surface area (Å²) < 4.78 is 32.3. The quantitative estimate of drug-likeness (QED) is 0.892. The van der Waals surface area contributed by atoms with Crippen molar-refractivity contribution in [2.75, 3.05) is 11.8 Å². The summed E-state index contributed by atoms with van der Waals surface area (Å²) in [5.41, 5.74) is 0.984. The molecule has 0 fully saturated rings. The van der Waals surface area contributed by atoms with Gasteiger partial charge in [0.25, 0.3) is 10.0 Å². The van der Waals surface area contributed by atoms with Crippen LogP contribution in [0, 0.1) is 6.92 Å². The average Bonchev–Trinajstić information content (AvgIpc) is 2.47. The summed E-state index contributed by atoms with van der Waals surface area (Å²) in [5, 5.41) is 10.7. The van der Waals surface area contributed by atoms with Gasteiger partial charge in [-0.1, -0.05) is 18.2 Å². The molecule has 2 rings (SSSR count). The minimum atomic E-state index is -3.85. The molecular formula is C15H14NO5S-. The van der Waals surface area contributed by atoms with E-state index in [4.69, 9.17) is 4.74 Å². The minimum absolute atomic E-state index is 0.0129. The molecule has 0 saturated carbocycles. The molecule has 2 aromatic rings. The van der Waals surface area contributed by atoms with E-state index in [0.29, 0.717) is 0 Å². The third-order valence-corrected chi connectivity index (χ3v) is 4.38. The zero-order valence-electron chi connectivity index (χ0n) is 12.0. The molecule has 0 aliphatic carbocycles. The molecule has 0 aliphatic rings. The highest BCUT2D eigenvalue weighted by Gasteiger charge is 2.19. The minimum Gasteiger partial charge on any atom is -0.545 e. The molecule has 0 saturated heterocycles. The number of carbonyl (C=O) groups is 1. The number of carboxylic acid groups (broad SMARTS) is 1. The van der Waals surface area contributed by atoms with Gasteiger partial charge in [-0.05, 0) is 42.3 Å². The lowest BCUT2D eigenvalue weighted by Gasteiger charge is -2.12. The molecule has 2 aromatic carbocycles. The number of ether oxygens (including phenoxy) is 1. The van der Waals surface area contributed by atoms with Crippen LogP contribution >= 0.6 is 0 Å². The first-order valence-corrected chi connectivity index (χ1v) is 7.80. The fourth-order valence-electron chi connectivity index (χ4n) is 1.88. The van der Waals surface area contributed by atoms with E-state index in [0.717, 1.165) is 5.56 Å². The first-order chi connectivity index (χ1) is 10.3. The van der Waals surface area contributed by atoms with Crippen molar-refractivity contribution in [3.05, 3.63) is 53.6 Å². The topological polar surface area (TPSA) is 95.5 Å². The second kappa shape index (κ2) is 6.07. The van der Waals surface area contributed by atoms with E-state index in [1.165, 1.54) is 37.4 Å². The van der Waals surface area contributed by atoms with E-state index < -0.39 is 16.0 Å². The molecule has 0 spiro atoms. The molecule has 7 heteroatoms. The van der Waals surface area contributed by atoms with Gasteiger partial charge in [-0.2, -0.15) is 0 Å². The van der Waals surface area contributed by atoms with Crippen molar-refractivity contribution in [2.45, 2.75) is 11.8 Å². The first-order valence-electron chi connectivity index (χ1n) is 6.32. The van der Waals surface area contributed by atoms with Crippen molar-refractivity contribution in [1.29, 1.82) is 0 Å². The van der Waals surface area contributed by atoms with Crippen LogP contribution in [0.2, 0.25) is 0 Å². The number of aryl methyl sites for hydroxylation is 1. The van der Waals surface area contributed by atoms with Crippen LogP contribution in [0.4, 0.5) is 5.69 Å². The van der Waals surface area contributed by atoms with Crippen LogP contribution in [0.25, 0.3) is 0 Å². The van der Waals surface area contributed by atoms with Crippen molar-refractivity contribution in [2.24, 2.45) is 0 Å². The Morgan fingerprint density at radius 3 is 2.32 bits per heavy atom. The number of hydrogen-bond donors (Lipinski definition) is 1. The molecule has 0 aliphatic heterocycles. The van der Waals surface area contributed by atoms with Crippen molar-refractivity contribution < 1.29 is 23.1 Å². The van der Waals surface area contributed by atoms with Crippen molar-refractivity contribution in [3.63, 3.8) is 0 Å². The maximum Gasteiger partial charge on any atom is 0.265 e. The highest BCUT2D eigenvalue weighted by molar-refractivity contribution is 7.92. The fourth-order valence-corrected chi connectivity index (χ4v) is 3.19. The molecule has 116 valence electrons. The number of rotatable bonds is 5. The fraction of sp³-hybridized carbons (Fsp3) is 0.133. The van der Waals surface area contributed by atoms with Gasteiger partial charge in [-0.3, -0.25) is 4.72 Å². The molecule has 0 radical (unpaired) electrons. The second-order valence-electron chi connectivity index (χ2n) is 4.62. The number of hydrogen-bond acceptors (Lipinski definition) is 5. The Morgan fingerprint density at radius 2 is 1.77 bits per heavy atom. The van der Waals surface area contributed by atoms with Crippen LogP contribution in [0.5, 0.6) is 5.75 Å². The monoisotopic (exact) mass is 320 g/mol. The van der Waals surface area contributed by atoms with E-state index in [9.17, 15) is 18.3 Å². The predicted molar refractivity (Wildman–Crippen MR) is 79.3 cm³/mol. The van der Waals surface area contributed by atoms with E-state index >= 15 is 0 Å². The smallest absolute Gasteiger partial charge is 0.265 e. The van der Waals surface area contributed by atoms with Gasteiger partial charge in [0.1, 0.15) is 10.6 Å². The number of sulfonamides is 1. The highest BCUT2D eigenvalue weighted by atomic mass is 32.2. The predicted octanol–water partition coefficient (Wildman–Crippen LogP) is 1.17. The zero-order valence-corrected chi connectivity index (χ0v) is 12.8. The normalized spacial score (nSPS) is 11.0. The van der Waals surface area contributed by atoms with Crippen LogP contribution in [-0.4, -0.2) is 21.5 Å². The Bertz CT molecular complexity index is 797. The Labute approximate surface area is 128 Å². The third kappa shape index (κ3) is 3.37. The summed E-state index contributed by atoms with van der Waals surface area (Å²) >= 11 is 0. The van der Waals surface area contributed by atoms with E-state index in [2.05, 4.69) is 4.72 Å². The molecule has 0 bridgehead atoms. The van der Waals surface area contributed by atoms with Gasteiger partial charge in [0.05, 0.1) is 13.1 Å². The number of nitrogens with one attached hydrogen (secondary N) is 1. The third-order valence-electron chi connectivity index (χ3n) is 2.98. The van der Waals surface area contributed by atoms with Crippen molar-refractivity contribution in [1.82, 2.24) is 0 Å². The summed E-state index contributed by atoms with van der Waals surface area (Å²) in [4.78, 5) is 10.7. The Balaban J connectivity index is 2.35. The molecule has 6 nitrogen and oxygen atoms in total. The average molecular weight is 320 g/mol. The number of aromatic carboxylic acids is 1. The molecule has 0 heterocycles. The lowest BCUT2D eigenvalue weighted by Crippen LogP contribution is -2.22. The number of carboxylic acids is 1. The highest BCUT2D eigenvalue weighted by Crippen LogP contribution is 2.26. The van der Waals surface area contributed by atoms with Gasteiger partial charge in [0.2, 0.25) is 0 Å². The SMILES string of the molecule is COc1ccc(C)cc1S(=O)(=O)Nc1ccc(C(=O)[O-])cc1. The lowest BCUT2D eigenvalue weighted by atomic mass is 10.2. The maximum absolute atomic E-state index is 12.4. The van der Waals surface area contributed by atoms with Crippen molar-refractivity contribution in [3.8, 4) is 5.75 Å². The summed E-state index contributed by atoms with van der Waals surface area (Å²) in [5.74, 6) is -1.10. The maximum atomic E-state index is 12.4. The van der Waals surface area contributed by atoms with Gasteiger partial charge >= 0.3 is 0 Å². The first kappa shape index (κ1) is 15.8. The number of methoxy groups -OCH3 is 1. The molecule has 0 aromatic heterocycles. The molecule has 1 N–H and O–H groups in total. The van der Waals surface area contributed by atoms with E-state index in [1.807, 2.05) is 0 Å². The molecule has 0 atom stereocenters. The van der Waals surface area contributed by atoms with Gasteiger partial charge in [0.15, 0.2) is 0 Å². The second-order valence-corrected chi connectivity index (χ2v) is 6.28. The Hall–Kier alpha value is -2.54. The van der Waals surface area contributed by atoms with Gasteiger partial charge in [-0.15, -0.1) is 0 Å². The number of carbonyl (C=O) groups excluding carboxylic acids is 1. The summed E-state index contributed by atoms with van der Waals surface area (Å²) in [6.45, 7) is 1.77. The zero-order chi connectivity index (χ0) is 16.3. The number of benzene rings is 2.